The largest absolute Gasteiger partial charge is 0.395 e. The molecule has 0 unspecified atom stereocenters. The Morgan fingerprint density at radius 1 is 1.22 bits per heavy atom. The van der Waals surface area contributed by atoms with Crippen molar-refractivity contribution >= 4 is 14.6 Å². The Hall–Kier alpha value is -0.633. The molecule has 2 amide bonds. The van der Waals surface area contributed by atoms with Gasteiger partial charge in [0.15, 0.2) is 0 Å². The molecule has 0 aliphatic rings. The Morgan fingerprint density at radius 2 is 1.78 bits per heavy atom. The minimum absolute atomic E-state index is 0.420. The number of amides is 2. The van der Waals surface area contributed by atoms with Gasteiger partial charge in [0, 0.05) is 32.8 Å². The first-order valence-corrected chi connectivity index (χ1v) is 9.03. The van der Waals surface area contributed by atoms with E-state index >= 15 is 0 Å². The van der Waals surface area contributed by atoms with E-state index in [0.717, 1.165) is 12.5 Å². The van der Waals surface area contributed by atoms with Gasteiger partial charge < -0.3 is 25.2 Å². The van der Waals surface area contributed by atoms with E-state index in [1.807, 2.05) is 13.8 Å². The molecule has 0 aliphatic carbocycles. The predicted molar refractivity (Wildman–Crippen MR) is 74.5 cm³/mol. The summed E-state index contributed by atoms with van der Waals surface area (Å²) in [5.74, 6) is 0. The number of hydrogen-bond donors (Lipinski definition) is 2. The van der Waals surface area contributed by atoms with Crippen molar-refractivity contribution in [3.8, 4) is 0 Å². The Labute approximate surface area is 111 Å². The number of primary amides is 1. The lowest BCUT2D eigenvalue weighted by atomic mass is 10.4. The number of rotatable bonds is 10. The summed E-state index contributed by atoms with van der Waals surface area (Å²) >= 11 is 0. The first-order valence-electron chi connectivity index (χ1n) is 6.51. The smallest absolute Gasteiger partial charge is 0.334 e. The quantitative estimate of drug-likeness (QED) is 0.579. The van der Waals surface area contributed by atoms with Gasteiger partial charge in [-0.3, -0.25) is 0 Å². The fraction of sp³-hybridized carbons (Fsp3) is 0.909. The summed E-state index contributed by atoms with van der Waals surface area (Å²) in [7, 11) is -2.08. The maximum atomic E-state index is 11.1. The van der Waals surface area contributed by atoms with Crippen LogP contribution >= 0.6 is 0 Å². The van der Waals surface area contributed by atoms with E-state index < -0.39 is 14.6 Å². The van der Waals surface area contributed by atoms with Gasteiger partial charge in [0.05, 0.1) is 0 Å². The topological polar surface area (TPSA) is 90.8 Å². The molecule has 0 saturated carbocycles. The van der Waals surface area contributed by atoms with E-state index in [-0.39, 0.29) is 0 Å². The van der Waals surface area contributed by atoms with Gasteiger partial charge in [-0.1, -0.05) is 0 Å². The van der Waals surface area contributed by atoms with Crippen LogP contribution in [0, 0.1) is 0 Å². The van der Waals surface area contributed by atoms with Gasteiger partial charge in [-0.25, -0.2) is 4.79 Å². The van der Waals surface area contributed by atoms with Crippen molar-refractivity contribution in [2.75, 3.05) is 32.8 Å². The standard InChI is InChI=1S/C11H27N3O3Si/c1-4-16-18(3,17-5-2)10-6-8-14(9-7-12)11(13)15/h4-10,12H2,1-3H3,(H2,13,15). The summed E-state index contributed by atoms with van der Waals surface area (Å²) in [6.07, 6.45) is 0.825. The minimum atomic E-state index is -2.08. The Balaban J connectivity index is 4.14. The molecular weight excluding hydrogens is 250 g/mol. The van der Waals surface area contributed by atoms with Gasteiger partial charge >= 0.3 is 14.6 Å². The van der Waals surface area contributed by atoms with Gasteiger partial charge in [0.2, 0.25) is 0 Å². The molecule has 6 nitrogen and oxygen atoms in total. The van der Waals surface area contributed by atoms with Crippen molar-refractivity contribution in [1.29, 1.82) is 0 Å². The second-order valence-corrected chi connectivity index (χ2v) is 7.56. The average molecular weight is 277 g/mol. The van der Waals surface area contributed by atoms with E-state index in [0.29, 0.717) is 32.8 Å². The van der Waals surface area contributed by atoms with Crippen molar-refractivity contribution in [2.45, 2.75) is 32.9 Å². The first kappa shape index (κ1) is 17.4. The van der Waals surface area contributed by atoms with Crippen LogP contribution < -0.4 is 11.5 Å². The number of hydrogen-bond acceptors (Lipinski definition) is 4. The Bertz CT molecular complexity index is 236. The molecule has 0 atom stereocenters. The molecule has 0 rings (SSSR count). The molecule has 0 aliphatic heterocycles. The van der Waals surface area contributed by atoms with Crippen LogP contribution in [0.15, 0.2) is 0 Å². The fourth-order valence-electron chi connectivity index (χ4n) is 1.88. The Morgan fingerprint density at radius 3 is 2.17 bits per heavy atom. The number of nitrogens with zero attached hydrogens (tertiary/aromatic N) is 1. The molecule has 0 aromatic carbocycles. The molecule has 0 aromatic heterocycles. The number of carbonyl (C=O) groups excluding carboxylic acids is 1. The maximum Gasteiger partial charge on any atom is 0.334 e. The lowest BCUT2D eigenvalue weighted by molar-refractivity contribution is 0.184. The summed E-state index contributed by atoms with van der Waals surface area (Å²) in [6, 6.07) is 0.430. The van der Waals surface area contributed by atoms with E-state index in [2.05, 4.69) is 6.55 Å². The van der Waals surface area contributed by atoms with Crippen LogP contribution in [0.4, 0.5) is 4.79 Å². The molecule has 0 spiro atoms. The lowest BCUT2D eigenvalue weighted by Crippen LogP contribution is -2.42. The molecule has 0 saturated heterocycles. The minimum Gasteiger partial charge on any atom is -0.395 e. The van der Waals surface area contributed by atoms with Crippen molar-refractivity contribution < 1.29 is 13.6 Å². The third-order valence-electron chi connectivity index (χ3n) is 2.67. The zero-order valence-corrected chi connectivity index (χ0v) is 12.8. The molecule has 0 fully saturated rings. The summed E-state index contributed by atoms with van der Waals surface area (Å²) in [6.45, 7) is 8.83. The number of carbonyl (C=O) groups is 1. The molecular formula is C11H27N3O3Si. The van der Waals surface area contributed by atoms with Crippen LogP contribution in [-0.4, -0.2) is 52.3 Å². The predicted octanol–water partition coefficient (Wildman–Crippen LogP) is 0.861. The van der Waals surface area contributed by atoms with Gasteiger partial charge in [-0.2, -0.15) is 0 Å². The van der Waals surface area contributed by atoms with Crippen molar-refractivity contribution in [3.05, 3.63) is 0 Å². The third-order valence-corrected chi connectivity index (χ3v) is 5.73. The van der Waals surface area contributed by atoms with Gasteiger partial charge in [0.25, 0.3) is 0 Å². The molecule has 4 N–H and O–H groups in total. The second kappa shape index (κ2) is 9.32. The summed E-state index contributed by atoms with van der Waals surface area (Å²) in [5.41, 5.74) is 10.7. The van der Waals surface area contributed by atoms with E-state index in [9.17, 15) is 4.79 Å². The van der Waals surface area contributed by atoms with Crippen LogP contribution in [0.3, 0.4) is 0 Å². The normalized spacial score (nSPS) is 11.6. The zero-order valence-electron chi connectivity index (χ0n) is 11.8. The van der Waals surface area contributed by atoms with Crippen LogP contribution in [0.5, 0.6) is 0 Å². The van der Waals surface area contributed by atoms with Crippen molar-refractivity contribution in [3.63, 3.8) is 0 Å². The zero-order chi connectivity index (χ0) is 14.0. The molecule has 0 radical (unpaired) electrons. The van der Waals surface area contributed by atoms with Crippen LogP contribution in [0.2, 0.25) is 12.6 Å². The Kier molecular flexibility index (Phi) is 8.99. The molecule has 18 heavy (non-hydrogen) atoms. The molecule has 0 aromatic rings. The fourth-order valence-corrected chi connectivity index (χ4v) is 4.27. The van der Waals surface area contributed by atoms with E-state index in [4.69, 9.17) is 20.3 Å². The van der Waals surface area contributed by atoms with Gasteiger partial charge in [-0.15, -0.1) is 0 Å². The van der Waals surface area contributed by atoms with Gasteiger partial charge in [-0.05, 0) is 32.9 Å². The summed E-state index contributed by atoms with van der Waals surface area (Å²) in [5, 5.41) is 0. The van der Waals surface area contributed by atoms with Crippen LogP contribution in [0.1, 0.15) is 20.3 Å². The van der Waals surface area contributed by atoms with E-state index in [1.165, 1.54) is 0 Å². The number of urea groups is 1. The molecule has 0 heterocycles. The monoisotopic (exact) mass is 277 g/mol. The highest BCUT2D eigenvalue weighted by Crippen LogP contribution is 2.16. The molecule has 0 bridgehead atoms. The van der Waals surface area contributed by atoms with Crippen molar-refractivity contribution in [2.24, 2.45) is 11.5 Å². The van der Waals surface area contributed by atoms with Crippen LogP contribution in [-0.2, 0) is 8.85 Å². The number of nitrogens with two attached hydrogens (primary N) is 2. The summed E-state index contributed by atoms with van der Waals surface area (Å²) < 4.78 is 11.5. The third kappa shape index (κ3) is 6.95. The van der Waals surface area contributed by atoms with Crippen molar-refractivity contribution in [1.82, 2.24) is 4.90 Å². The average Bonchev–Trinajstić information content (AvgIpc) is 2.28. The lowest BCUT2D eigenvalue weighted by Gasteiger charge is -2.27. The summed E-state index contributed by atoms with van der Waals surface area (Å²) in [4.78, 5) is 12.7. The first-order chi connectivity index (χ1) is 8.49. The molecule has 108 valence electrons. The van der Waals surface area contributed by atoms with E-state index in [1.54, 1.807) is 4.90 Å². The maximum absolute atomic E-state index is 11.1. The second-order valence-electron chi connectivity index (χ2n) is 4.22. The highest BCUT2D eigenvalue weighted by molar-refractivity contribution is 6.66. The highest BCUT2D eigenvalue weighted by Gasteiger charge is 2.30. The van der Waals surface area contributed by atoms with Gasteiger partial charge in [0.1, 0.15) is 0 Å². The van der Waals surface area contributed by atoms with Crippen LogP contribution in [0.25, 0.3) is 0 Å². The highest BCUT2D eigenvalue weighted by atomic mass is 28.4. The SMILES string of the molecule is CCO[Si](C)(CCCN(CCN)C(N)=O)OCC. The molecule has 7 heteroatoms.